The number of carbonyl (C=O) groups is 2. The molecule has 3 rings (SSSR count). The minimum Gasteiger partial charge on any atom is -0.370 e. The van der Waals surface area contributed by atoms with Crippen molar-refractivity contribution >= 4 is 53.1 Å². The van der Waals surface area contributed by atoms with Crippen LogP contribution in [0, 0.1) is 5.92 Å². The maximum Gasteiger partial charge on any atom is 0.224 e. The summed E-state index contributed by atoms with van der Waals surface area (Å²) in [5, 5.41) is 5.43. The minimum absolute atomic E-state index is 0. The molecule has 1 aromatic rings. The van der Waals surface area contributed by atoms with Gasteiger partial charge in [0.25, 0.3) is 0 Å². The molecule has 0 spiro atoms. The number of rotatable bonds is 6. The zero-order chi connectivity index (χ0) is 19.9. The number of nitrogens with one attached hydrogen (secondary N) is 1. The zero-order valence-corrected chi connectivity index (χ0v) is 20.2. The highest BCUT2D eigenvalue weighted by atomic mass is 127. The first-order chi connectivity index (χ1) is 13.6. The SMILES string of the molecule is CCNC(=NCCC(=O)N1CCc2sccc2C1)N1CCCC(CC(N)=O)C1.I. The number of halogens is 1. The lowest BCUT2D eigenvalue weighted by molar-refractivity contribution is -0.131. The van der Waals surface area contributed by atoms with Crippen molar-refractivity contribution in [3.05, 3.63) is 21.9 Å². The maximum atomic E-state index is 12.6. The molecule has 2 aliphatic rings. The van der Waals surface area contributed by atoms with Crippen molar-refractivity contribution in [3.63, 3.8) is 0 Å². The van der Waals surface area contributed by atoms with Crippen LogP contribution in [0.3, 0.4) is 0 Å². The Kier molecular flexibility index (Phi) is 9.67. The zero-order valence-electron chi connectivity index (χ0n) is 17.1. The number of likely N-dealkylation sites (tertiary alicyclic amines) is 1. The molecule has 0 radical (unpaired) electrons. The van der Waals surface area contributed by atoms with Gasteiger partial charge in [-0.05, 0) is 49.1 Å². The van der Waals surface area contributed by atoms with Crippen LogP contribution in [-0.4, -0.2) is 60.3 Å². The number of hydrogen-bond donors (Lipinski definition) is 2. The van der Waals surface area contributed by atoms with Crippen LogP contribution >= 0.6 is 35.3 Å². The summed E-state index contributed by atoms with van der Waals surface area (Å²) in [6.45, 7) is 6.52. The van der Waals surface area contributed by atoms with Gasteiger partial charge < -0.3 is 20.9 Å². The largest absolute Gasteiger partial charge is 0.370 e. The Bertz CT molecular complexity index is 723. The molecule has 7 nitrogen and oxygen atoms in total. The molecular formula is C20H32IN5O2S. The van der Waals surface area contributed by atoms with Crippen molar-refractivity contribution in [2.24, 2.45) is 16.6 Å². The van der Waals surface area contributed by atoms with Crippen LogP contribution in [-0.2, 0) is 22.6 Å². The molecule has 162 valence electrons. The highest BCUT2D eigenvalue weighted by Crippen LogP contribution is 2.24. The van der Waals surface area contributed by atoms with Gasteiger partial charge in [-0.2, -0.15) is 0 Å². The molecule has 1 saturated heterocycles. The van der Waals surface area contributed by atoms with E-state index in [4.69, 9.17) is 5.73 Å². The van der Waals surface area contributed by atoms with Gasteiger partial charge >= 0.3 is 0 Å². The maximum absolute atomic E-state index is 12.6. The number of primary amides is 1. The lowest BCUT2D eigenvalue weighted by atomic mass is 9.95. The van der Waals surface area contributed by atoms with E-state index >= 15 is 0 Å². The van der Waals surface area contributed by atoms with E-state index in [-0.39, 0.29) is 41.7 Å². The summed E-state index contributed by atoms with van der Waals surface area (Å²) in [6, 6.07) is 2.12. The van der Waals surface area contributed by atoms with Crippen LogP contribution in [0.5, 0.6) is 0 Å². The van der Waals surface area contributed by atoms with Gasteiger partial charge in [-0.1, -0.05) is 0 Å². The summed E-state index contributed by atoms with van der Waals surface area (Å²) in [7, 11) is 0. The van der Waals surface area contributed by atoms with Crippen LogP contribution in [0.1, 0.15) is 43.0 Å². The molecule has 2 aliphatic heterocycles. The first-order valence-corrected chi connectivity index (χ1v) is 11.1. The Hall–Kier alpha value is -1.36. The van der Waals surface area contributed by atoms with Gasteiger partial charge in [0.1, 0.15) is 0 Å². The molecule has 0 aliphatic carbocycles. The minimum atomic E-state index is -0.241. The molecule has 2 amide bonds. The molecule has 0 saturated carbocycles. The van der Waals surface area contributed by atoms with Crippen molar-refractivity contribution in [2.45, 2.75) is 45.6 Å². The fourth-order valence-corrected chi connectivity index (χ4v) is 4.90. The molecule has 0 bridgehead atoms. The van der Waals surface area contributed by atoms with Gasteiger partial charge in [-0.15, -0.1) is 35.3 Å². The van der Waals surface area contributed by atoms with Crippen molar-refractivity contribution in [1.82, 2.24) is 15.1 Å². The van der Waals surface area contributed by atoms with Gasteiger partial charge in [-0.3, -0.25) is 14.6 Å². The number of carbonyl (C=O) groups excluding carboxylic acids is 2. The first-order valence-electron chi connectivity index (χ1n) is 10.2. The summed E-state index contributed by atoms with van der Waals surface area (Å²) in [5.74, 6) is 1.05. The highest BCUT2D eigenvalue weighted by molar-refractivity contribution is 14.0. The second-order valence-corrected chi connectivity index (χ2v) is 8.55. The molecule has 1 aromatic heterocycles. The fraction of sp³-hybridized carbons (Fsp3) is 0.650. The van der Waals surface area contributed by atoms with E-state index in [1.165, 1.54) is 10.4 Å². The second kappa shape index (κ2) is 11.7. The van der Waals surface area contributed by atoms with Crippen LogP contribution in [0.15, 0.2) is 16.4 Å². The monoisotopic (exact) mass is 533 g/mol. The molecule has 29 heavy (non-hydrogen) atoms. The van der Waals surface area contributed by atoms with Crippen LogP contribution < -0.4 is 11.1 Å². The second-order valence-electron chi connectivity index (χ2n) is 7.54. The summed E-state index contributed by atoms with van der Waals surface area (Å²) in [4.78, 5) is 34.1. The number of thiophene rings is 1. The lowest BCUT2D eigenvalue weighted by Gasteiger charge is -2.34. The fourth-order valence-electron chi connectivity index (χ4n) is 4.01. The van der Waals surface area contributed by atoms with Crippen LogP contribution in [0.4, 0.5) is 0 Å². The van der Waals surface area contributed by atoms with Crippen molar-refractivity contribution < 1.29 is 9.59 Å². The van der Waals surface area contributed by atoms with E-state index in [1.54, 1.807) is 11.3 Å². The smallest absolute Gasteiger partial charge is 0.224 e. The average molecular weight is 533 g/mol. The Balaban J connectivity index is 0.00000300. The van der Waals surface area contributed by atoms with E-state index in [0.717, 1.165) is 57.9 Å². The lowest BCUT2D eigenvalue weighted by Crippen LogP contribution is -2.47. The van der Waals surface area contributed by atoms with Gasteiger partial charge in [0, 0.05) is 50.4 Å². The number of nitrogens with two attached hydrogens (primary N) is 1. The van der Waals surface area contributed by atoms with E-state index in [1.807, 2.05) is 11.8 Å². The number of aliphatic imine (C=N–C) groups is 1. The molecule has 1 atom stereocenters. The Morgan fingerprint density at radius 1 is 1.34 bits per heavy atom. The summed E-state index contributed by atoms with van der Waals surface area (Å²) in [6.07, 6.45) is 3.86. The van der Waals surface area contributed by atoms with Crippen LogP contribution in [0.25, 0.3) is 0 Å². The molecular weight excluding hydrogens is 501 g/mol. The number of amides is 2. The van der Waals surface area contributed by atoms with Gasteiger partial charge in [0.15, 0.2) is 5.96 Å². The summed E-state index contributed by atoms with van der Waals surface area (Å²) >= 11 is 1.78. The van der Waals surface area contributed by atoms with Crippen molar-refractivity contribution in [3.8, 4) is 0 Å². The first kappa shape index (κ1) is 23.9. The summed E-state index contributed by atoms with van der Waals surface area (Å²) in [5.41, 5.74) is 6.65. The number of guanidine groups is 1. The summed E-state index contributed by atoms with van der Waals surface area (Å²) < 4.78 is 0. The average Bonchev–Trinajstić information content (AvgIpc) is 3.14. The number of nitrogens with zero attached hydrogens (tertiary/aromatic N) is 3. The van der Waals surface area contributed by atoms with Crippen molar-refractivity contribution in [2.75, 3.05) is 32.7 Å². The van der Waals surface area contributed by atoms with Gasteiger partial charge in [-0.25, -0.2) is 0 Å². The predicted octanol–water partition coefficient (Wildman–Crippen LogP) is 2.19. The Morgan fingerprint density at radius 2 is 2.17 bits per heavy atom. The van der Waals surface area contributed by atoms with E-state index in [9.17, 15) is 9.59 Å². The standard InChI is InChI=1S/C20H31N5O2S.HI/c1-2-22-20(25-9-3-4-15(13-25)12-18(21)26)23-8-5-19(27)24-10-6-17-16(14-24)7-11-28-17;/h7,11,15H,2-6,8-10,12-14H2,1H3,(H2,21,26)(H,22,23);1H. The molecule has 0 aromatic carbocycles. The van der Waals surface area contributed by atoms with E-state index < -0.39 is 0 Å². The van der Waals surface area contributed by atoms with Crippen molar-refractivity contribution in [1.29, 1.82) is 0 Å². The molecule has 9 heteroatoms. The molecule has 1 unspecified atom stereocenters. The van der Waals surface area contributed by atoms with E-state index in [2.05, 4.69) is 26.7 Å². The Morgan fingerprint density at radius 3 is 2.93 bits per heavy atom. The number of hydrogen-bond acceptors (Lipinski definition) is 4. The molecule has 3 N–H and O–H groups in total. The topological polar surface area (TPSA) is 91.0 Å². The Labute approximate surface area is 194 Å². The highest BCUT2D eigenvalue weighted by Gasteiger charge is 2.24. The number of fused-ring (bicyclic) bond motifs is 1. The normalized spacial score (nSPS) is 19.3. The third-order valence-electron chi connectivity index (χ3n) is 5.39. The van der Waals surface area contributed by atoms with Crippen LogP contribution in [0.2, 0.25) is 0 Å². The number of piperidine rings is 1. The van der Waals surface area contributed by atoms with Gasteiger partial charge in [0.2, 0.25) is 11.8 Å². The predicted molar refractivity (Wildman–Crippen MR) is 128 cm³/mol. The third-order valence-corrected chi connectivity index (χ3v) is 6.41. The molecule has 1 fully saturated rings. The quantitative estimate of drug-likeness (QED) is 0.333. The van der Waals surface area contributed by atoms with Gasteiger partial charge in [0.05, 0.1) is 6.54 Å². The third kappa shape index (κ3) is 6.84. The molecule has 3 heterocycles. The van der Waals surface area contributed by atoms with E-state index in [0.29, 0.717) is 19.4 Å².